The molecule has 0 saturated carbocycles. The summed E-state index contributed by atoms with van der Waals surface area (Å²) in [6.45, 7) is 4.06. The van der Waals surface area contributed by atoms with Crippen molar-refractivity contribution in [1.82, 2.24) is 0 Å². The van der Waals surface area contributed by atoms with Gasteiger partial charge in [0, 0.05) is 15.1 Å². The van der Waals surface area contributed by atoms with Crippen LogP contribution in [0.3, 0.4) is 0 Å². The van der Waals surface area contributed by atoms with Gasteiger partial charge in [0.1, 0.15) is 0 Å². The first-order valence-electron chi connectivity index (χ1n) is 4.78. The maximum atomic E-state index is 3.08. The summed E-state index contributed by atoms with van der Waals surface area (Å²) in [5.74, 6) is 6.00. The third-order valence-electron chi connectivity index (χ3n) is 2.19. The lowest BCUT2D eigenvalue weighted by Crippen LogP contribution is -1.71. The number of fused-ring (bicyclic) bond motifs is 1. The maximum absolute atomic E-state index is 3.08. The van der Waals surface area contributed by atoms with E-state index in [0.717, 1.165) is 12.0 Å². The van der Waals surface area contributed by atoms with Crippen LogP contribution in [0.4, 0.5) is 0 Å². The summed E-state index contributed by atoms with van der Waals surface area (Å²) in [5.41, 5.74) is 1.11. The second-order valence-electron chi connectivity index (χ2n) is 3.19. The van der Waals surface area contributed by atoms with Gasteiger partial charge >= 0.3 is 0 Å². The Hall–Kier alpha value is -1.26. The summed E-state index contributed by atoms with van der Waals surface area (Å²) < 4.78 is 1.36. The number of rotatable bonds is 1. The molecule has 0 aliphatic carbocycles. The Morgan fingerprint density at radius 3 is 2.86 bits per heavy atom. The third kappa shape index (κ3) is 1.66. The number of hydrogen-bond acceptors (Lipinski definition) is 1. The normalized spacial score (nSPS) is 9.86. The molecule has 1 aromatic heterocycles. The summed E-state index contributed by atoms with van der Waals surface area (Å²) in [6.07, 6.45) is 1.12. The summed E-state index contributed by atoms with van der Waals surface area (Å²) in [6, 6.07) is 8.69. The minimum absolute atomic E-state index is 1.11. The van der Waals surface area contributed by atoms with Crippen molar-refractivity contribution in [2.45, 2.75) is 20.3 Å². The van der Waals surface area contributed by atoms with E-state index in [2.05, 4.69) is 43.0 Å². The Morgan fingerprint density at radius 1 is 1.29 bits per heavy atom. The first kappa shape index (κ1) is 9.30. The van der Waals surface area contributed by atoms with Gasteiger partial charge in [0.2, 0.25) is 0 Å². The zero-order chi connectivity index (χ0) is 9.97. The standard InChI is InChI=1S/C13H12S/c1-3-5-10-6-7-13-11(8-10)9-12(4-2)14-13/h6-9H,4H2,1-2H3. The van der Waals surface area contributed by atoms with Gasteiger partial charge in [0.15, 0.2) is 0 Å². The lowest BCUT2D eigenvalue weighted by molar-refractivity contribution is 1.19. The van der Waals surface area contributed by atoms with E-state index in [1.54, 1.807) is 0 Å². The van der Waals surface area contributed by atoms with Gasteiger partial charge in [-0.15, -0.1) is 17.3 Å². The van der Waals surface area contributed by atoms with Crippen molar-refractivity contribution in [2.24, 2.45) is 0 Å². The molecule has 1 heterocycles. The second-order valence-corrected chi connectivity index (χ2v) is 4.36. The Balaban J connectivity index is 2.57. The number of aryl methyl sites for hydroxylation is 1. The smallest absolute Gasteiger partial charge is 0.0346 e. The quantitative estimate of drug-likeness (QED) is 0.614. The van der Waals surface area contributed by atoms with Crippen molar-refractivity contribution >= 4 is 21.4 Å². The molecule has 2 rings (SSSR count). The maximum Gasteiger partial charge on any atom is 0.0346 e. The van der Waals surface area contributed by atoms with E-state index in [-0.39, 0.29) is 0 Å². The van der Waals surface area contributed by atoms with Crippen LogP contribution in [0.2, 0.25) is 0 Å². The molecule has 0 spiro atoms. The van der Waals surface area contributed by atoms with E-state index in [4.69, 9.17) is 0 Å². The zero-order valence-electron chi connectivity index (χ0n) is 8.42. The Bertz CT molecular complexity index is 509. The van der Waals surface area contributed by atoms with E-state index in [1.807, 2.05) is 18.3 Å². The molecule has 70 valence electrons. The molecule has 0 radical (unpaired) electrons. The van der Waals surface area contributed by atoms with Crippen molar-refractivity contribution in [3.05, 3.63) is 34.7 Å². The van der Waals surface area contributed by atoms with Crippen LogP contribution in [-0.4, -0.2) is 0 Å². The van der Waals surface area contributed by atoms with Gasteiger partial charge in [-0.25, -0.2) is 0 Å². The molecule has 0 aliphatic rings. The summed E-state index contributed by atoms with van der Waals surface area (Å²) >= 11 is 1.88. The average Bonchev–Trinajstić information content (AvgIpc) is 2.60. The molecule has 0 N–H and O–H groups in total. The third-order valence-corrected chi connectivity index (χ3v) is 3.45. The molecule has 0 bridgehead atoms. The molecule has 0 unspecified atom stereocenters. The van der Waals surface area contributed by atoms with Crippen LogP contribution in [-0.2, 0) is 6.42 Å². The fraction of sp³-hybridized carbons (Fsp3) is 0.231. The van der Waals surface area contributed by atoms with E-state index in [1.165, 1.54) is 15.0 Å². The highest BCUT2D eigenvalue weighted by Gasteiger charge is 1.99. The van der Waals surface area contributed by atoms with Gasteiger partial charge in [-0.05, 0) is 43.0 Å². The van der Waals surface area contributed by atoms with E-state index >= 15 is 0 Å². The minimum atomic E-state index is 1.11. The number of thiophene rings is 1. The summed E-state index contributed by atoms with van der Waals surface area (Å²) in [7, 11) is 0. The molecule has 0 aliphatic heterocycles. The highest BCUT2D eigenvalue weighted by Crippen LogP contribution is 2.26. The fourth-order valence-electron chi connectivity index (χ4n) is 1.49. The van der Waals surface area contributed by atoms with Crippen LogP contribution >= 0.6 is 11.3 Å². The molecule has 0 atom stereocenters. The highest BCUT2D eigenvalue weighted by molar-refractivity contribution is 7.19. The van der Waals surface area contributed by atoms with Crippen molar-refractivity contribution in [1.29, 1.82) is 0 Å². The molecular weight excluding hydrogens is 188 g/mol. The molecule has 1 heteroatoms. The largest absolute Gasteiger partial charge is 0.140 e. The predicted octanol–water partition coefficient (Wildman–Crippen LogP) is 3.84. The molecule has 2 aromatic rings. The van der Waals surface area contributed by atoms with E-state index in [9.17, 15) is 0 Å². The monoisotopic (exact) mass is 200 g/mol. The topological polar surface area (TPSA) is 0 Å². The Kier molecular flexibility index (Phi) is 2.56. The van der Waals surface area contributed by atoms with Crippen molar-refractivity contribution in [3.8, 4) is 11.8 Å². The zero-order valence-corrected chi connectivity index (χ0v) is 9.24. The van der Waals surface area contributed by atoms with E-state index < -0.39 is 0 Å². The first-order valence-corrected chi connectivity index (χ1v) is 5.60. The van der Waals surface area contributed by atoms with Gasteiger partial charge in [-0.1, -0.05) is 12.8 Å². The Morgan fingerprint density at radius 2 is 2.14 bits per heavy atom. The van der Waals surface area contributed by atoms with E-state index in [0.29, 0.717) is 0 Å². The average molecular weight is 200 g/mol. The van der Waals surface area contributed by atoms with Crippen LogP contribution in [0.5, 0.6) is 0 Å². The number of benzene rings is 1. The Labute approximate surface area is 88.6 Å². The van der Waals surface area contributed by atoms with Crippen LogP contribution in [0.1, 0.15) is 24.3 Å². The van der Waals surface area contributed by atoms with Crippen molar-refractivity contribution in [2.75, 3.05) is 0 Å². The van der Waals surface area contributed by atoms with Crippen LogP contribution in [0, 0.1) is 11.8 Å². The predicted molar refractivity (Wildman–Crippen MR) is 63.8 cm³/mol. The van der Waals surface area contributed by atoms with Crippen LogP contribution < -0.4 is 0 Å². The lowest BCUT2D eigenvalue weighted by Gasteiger charge is -1.90. The van der Waals surface area contributed by atoms with Gasteiger partial charge in [-0.3, -0.25) is 0 Å². The van der Waals surface area contributed by atoms with Crippen molar-refractivity contribution < 1.29 is 0 Å². The highest BCUT2D eigenvalue weighted by atomic mass is 32.1. The lowest BCUT2D eigenvalue weighted by atomic mass is 10.1. The molecule has 0 saturated heterocycles. The molecule has 1 aromatic carbocycles. The molecule has 0 amide bonds. The van der Waals surface area contributed by atoms with Crippen LogP contribution in [0.25, 0.3) is 10.1 Å². The molecular formula is C13H12S. The minimum Gasteiger partial charge on any atom is -0.140 e. The molecule has 0 fully saturated rings. The second kappa shape index (κ2) is 3.86. The fourth-order valence-corrected chi connectivity index (χ4v) is 2.48. The number of hydrogen-bond donors (Lipinski definition) is 0. The van der Waals surface area contributed by atoms with Gasteiger partial charge in [0.25, 0.3) is 0 Å². The molecule has 0 nitrogen and oxygen atoms in total. The molecule has 14 heavy (non-hydrogen) atoms. The van der Waals surface area contributed by atoms with Crippen molar-refractivity contribution in [3.63, 3.8) is 0 Å². The van der Waals surface area contributed by atoms with Gasteiger partial charge < -0.3 is 0 Å². The summed E-state index contributed by atoms with van der Waals surface area (Å²) in [4.78, 5) is 1.45. The SMILES string of the molecule is CC#Cc1ccc2sc(CC)cc2c1. The summed E-state index contributed by atoms with van der Waals surface area (Å²) in [5, 5.41) is 1.33. The van der Waals surface area contributed by atoms with Gasteiger partial charge in [-0.2, -0.15) is 0 Å². The van der Waals surface area contributed by atoms with Crippen LogP contribution in [0.15, 0.2) is 24.3 Å². The van der Waals surface area contributed by atoms with Gasteiger partial charge in [0.05, 0.1) is 0 Å². The first-order chi connectivity index (χ1) is 6.83.